The van der Waals surface area contributed by atoms with Crippen LogP contribution in [-0.2, 0) is 20.0 Å². The summed E-state index contributed by atoms with van der Waals surface area (Å²) in [5.41, 5.74) is 1.46. The molecule has 0 atom stereocenters. The van der Waals surface area contributed by atoms with Crippen molar-refractivity contribution in [2.24, 2.45) is 7.05 Å². The number of aromatic nitrogens is 2. The van der Waals surface area contributed by atoms with Crippen LogP contribution in [0.25, 0.3) is 0 Å². The van der Waals surface area contributed by atoms with Crippen molar-refractivity contribution >= 4 is 11.7 Å². The van der Waals surface area contributed by atoms with Gasteiger partial charge in [0.1, 0.15) is 11.6 Å². The van der Waals surface area contributed by atoms with Gasteiger partial charge in [-0.05, 0) is 18.6 Å². The number of carbonyl (C=O) groups excluding carboxylic acids is 1. The molecule has 0 saturated carbocycles. The molecule has 6 nitrogen and oxygen atoms in total. The third kappa shape index (κ3) is 3.77. The summed E-state index contributed by atoms with van der Waals surface area (Å²) in [6, 6.07) is 2.32. The second kappa shape index (κ2) is 7.08. The van der Waals surface area contributed by atoms with E-state index in [-0.39, 0.29) is 12.2 Å². The van der Waals surface area contributed by atoms with E-state index in [2.05, 4.69) is 15.7 Å². The number of methoxy groups -OCH3 is 1. The molecule has 0 radical (unpaired) electrons. The Hall–Kier alpha value is -2.64. The third-order valence-corrected chi connectivity index (χ3v) is 3.30. The number of aryl methyl sites for hydroxylation is 2. The highest BCUT2D eigenvalue weighted by Gasteiger charge is 2.16. The molecule has 0 aliphatic carbocycles. The molecule has 23 heavy (non-hydrogen) atoms. The van der Waals surface area contributed by atoms with Crippen molar-refractivity contribution in [2.75, 3.05) is 12.4 Å². The van der Waals surface area contributed by atoms with Gasteiger partial charge in [-0.2, -0.15) is 5.10 Å². The molecule has 0 unspecified atom stereocenters. The minimum absolute atomic E-state index is 0.0993. The van der Waals surface area contributed by atoms with Crippen LogP contribution in [0, 0.1) is 11.6 Å². The number of hydrogen-bond acceptors (Lipinski definition) is 3. The van der Waals surface area contributed by atoms with Gasteiger partial charge in [-0.1, -0.05) is 6.92 Å². The van der Waals surface area contributed by atoms with Crippen LogP contribution in [0.5, 0.6) is 5.88 Å². The maximum Gasteiger partial charge on any atom is 0.319 e. The molecule has 8 heteroatoms. The highest BCUT2D eigenvalue weighted by molar-refractivity contribution is 5.89. The second-order valence-corrected chi connectivity index (χ2v) is 4.84. The predicted octanol–water partition coefficient (Wildman–Crippen LogP) is 2.59. The van der Waals surface area contributed by atoms with E-state index in [1.165, 1.54) is 7.11 Å². The van der Waals surface area contributed by atoms with Crippen molar-refractivity contribution < 1.29 is 18.3 Å². The van der Waals surface area contributed by atoms with Gasteiger partial charge < -0.3 is 15.4 Å². The van der Waals surface area contributed by atoms with Gasteiger partial charge >= 0.3 is 6.03 Å². The van der Waals surface area contributed by atoms with E-state index in [1.807, 2.05) is 6.92 Å². The lowest BCUT2D eigenvalue weighted by atomic mass is 10.2. The highest BCUT2D eigenvalue weighted by atomic mass is 19.1. The fraction of sp³-hybridized carbons (Fsp3) is 0.333. The summed E-state index contributed by atoms with van der Waals surface area (Å²) in [6.07, 6.45) is 0.683. The van der Waals surface area contributed by atoms with Gasteiger partial charge in [0, 0.05) is 13.1 Å². The largest absolute Gasteiger partial charge is 0.481 e. The first-order valence-electron chi connectivity index (χ1n) is 7.04. The maximum atomic E-state index is 13.5. The molecule has 0 saturated heterocycles. The average Bonchev–Trinajstić information content (AvgIpc) is 2.83. The zero-order chi connectivity index (χ0) is 17.0. The SMILES string of the molecule is CCc1nn(C)c(OC)c1CNC(=O)Nc1ccc(F)cc1F. The van der Waals surface area contributed by atoms with Crippen LogP contribution in [0.15, 0.2) is 18.2 Å². The number of anilines is 1. The monoisotopic (exact) mass is 324 g/mol. The van der Waals surface area contributed by atoms with E-state index in [1.54, 1.807) is 11.7 Å². The quantitative estimate of drug-likeness (QED) is 0.888. The number of rotatable bonds is 5. The minimum Gasteiger partial charge on any atom is -0.481 e. The summed E-state index contributed by atoms with van der Waals surface area (Å²) < 4.78 is 33.2. The second-order valence-electron chi connectivity index (χ2n) is 4.84. The van der Waals surface area contributed by atoms with E-state index in [0.717, 1.165) is 23.4 Å². The highest BCUT2D eigenvalue weighted by Crippen LogP contribution is 2.22. The lowest BCUT2D eigenvalue weighted by Gasteiger charge is -2.09. The van der Waals surface area contributed by atoms with Crippen LogP contribution in [0.1, 0.15) is 18.2 Å². The van der Waals surface area contributed by atoms with Gasteiger partial charge in [0.15, 0.2) is 0 Å². The van der Waals surface area contributed by atoms with Gasteiger partial charge in [0.2, 0.25) is 5.88 Å². The molecule has 0 aliphatic heterocycles. The topological polar surface area (TPSA) is 68.2 Å². The lowest BCUT2D eigenvalue weighted by Crippen LogP contribution is -2.29. The van der Waals surface area contributed by atoms with Crippen LogP contribution in [0.2, 0.25) is 0 Å². The molecule has 2 rings (SSSR count). The van der Waals surface area contributed by atoms with Crippen molar-refractivity contribution in [2.45, 2.75) is 19.9 Å². The van der Waals surface area contributed by atoms with Gasteiger partial charge in [0.05, 0.1) is 30.6 Å². The van der Waals surface area contributed by atoms with Crippen LogP contribution in [0.4, 0.5) is 19.3 Å². The zero-order valence-corrected chi connectivity index (χ0v) is 13.1. The maximum absolute atomic E-state index is 13.5. The normalized spacial score (nSPS) is 10.5. The van der Waals surface area contributed by atoms with Crippen molar-refractivity contribution in [3.05, 3.63) is 41.1 Å². The number of urea groups is 1. The molecule has 2 aromatic rings. The first kappa shape index (κ1) is 16.7. The molecule has 2 N–H and O–H groups in total. The van der Waals surface area contributed by atoms with Gasteiger partial charge in [-0.15, -0.1) is 0 Å². The molecule has 0 bridgehead atoms. The number of benzene rings is 1. The number of halogens is 2. The Bertz CT molecular complexity index is 716. The standard InChI is InChI=1S/C15H18F2N4O2/c1-4-12-10(14(23-3)21(2)20-12)8-18-15(22)19-13-6-5-9(16)7-11(13)17/h5-7H,4,8H2,1-3H3,(H2,18,19,22). The van der Waals surface area contributed by atoms with Gasteiger partial charge in [0.25, 0.3) is 0 Å². The Kier molecular flexibility index (Phi) is 5.15. The van der Waals surface area contributed by atoms with E-state index in [0.29, 0.717) is 18.4 Å². The number of nitrogens with zero attached hydrogens (tertiary/aromatic N) is 2. The molecule has 1 aromatic heterocycles. The summed E-state index contributed by atoms with van der Waals surface area (Å²) in [5, 5.41) is 9.24. The van der Waals surface area contributed by atoms with E-state index < -0.39 is 17.7 Å². The Balaban J connectivity index is 2.05. The summed E-state index contributed by atoms with van der Waals surface area (Å²) >= 11 is 0. The van der Waals surface area contributed by atoms with E-state index >= 15 is 0 Å². The number of carbonyl (C=O) groups is 1. The summed E-state index contributed by atoms with van der Waals surface area (Å²) in [7, 11) is 3.27. The molecule has 0 aliphatic rings. The van der Waals surface area contributed by atoms with Crippen molar-refractivity contribution in [1.82, 2.24) is 15.1 Å². The number of ether oxygens (including phenoxy) is 1. The Morgan fingerprint density at radius 3 is 2.74 bits per heavy atom. The van der Waals surface area contributed by atoms with Gasteiger partial charge in [-0.3, -0.25) is 0 Å². The zero-order valence-electron chi connectivity index (χ0n) is 13.1. The smallest absolute Gasteiger partial charge is 0.319 e. The molecule has 124 valence electrons. The number of amides is 2. The van der Waals surface area contributed by atoms with Crippen LogP contribution < -0.4 is 15.4 Å². The molecule has 0 fully saturated rings. The van der Waals surface area contributed by atoms with Crippen molar-refractivity contribution in [3.8, 4) is 5.88 Å². The lowest BCUT2D eigenvalue weighted by molar-refractivity contribution is 0.251. The van der Waals surface area contributed by atoms with Crippen LogP contribution in [-0.4, -0.2) is 22.9 Å². The molecule has 2 amide bonds. The Labute approximate surface area is 132 Å². The molecule has 1 aromatic carbocycles. The van der Waals surface area contributed by atoms with Crippen LogP contribution in [0.3, 0.4) is 0 Å². The van der Waals surface area contributed by atoms with E-state index in [9.17, 15) is 13.6 Å². The minimum atomic E-state index is -0.839. The molecular formula is C15H18F2N4O2. The fourth-order valence-corrected chi connectivity index (χ4v) is 2.25. The number of hydrogen-bond donors (Lipinski definition) is 2. The van der Waals surface area contributed by atoms with Crippen LogP contribution >= 0.6 is 0 Å². The van der Waals surface area contributed by atoms with Crippen molar-refractivity contribution in [1.29, 1.82) is 0 Å². The average molecular weight is 324 g/mol. The number of nitrogens with one attached hydrogen (secondary N) is 2. The molecule has 1 heterocycles. The molecule has 0 spiro atoms. The summed E-state index contributed by atoms with van der Waals surface area (Å²) in [5.74, 6) is -0.996. The van der Waals surface area contributed by atoms with Crippen molar-refractivity contribution in [3.63, 3.8) is 0 Å². The Morgan fingerprint density at radius 1 is 1.39 bits per heavy atom. The molecular weight excluding hydrogens is 306 g/mol. The first-order chi connectivity index (χ1) is 11.0. The first-order valence-corrected chi connectivity index (χ1v) is 7.04. The summed E-state index contributed by atoms with van der Waals surface area (Å²) in [6.45, 7) is 2.12. The van der Waals surface area contributed by atoms with Gasteiger partial charge in [-0.25, -0.2) is 18.3 Å². The third-order valence-electron chi connectivity index (χ3n) is 3.30. The predicted molar refractivity (Wildman–Crippen MR) is 81.4 cm³/mol. The summed E-state index contributed by atoms with van der Waals surface area (Å²) in [4.78, 5) is 11.9. The Morgan fingerprint density at radius 2 is 2.13 bits per heavy atom. The fourth-order valence-electron chi connectivity index (χ4n) is 2.25. The van der Waals surface area contributed by atoms with E-state index in [4.69, 9.17) is 4.74 Å².